The normalized spacial score (nSPS) is 18.6. The molecule has 0 atom stereocenters. The molecule has 1 aromatic rings. The summed E-state index contributed by atoms with van der Waals surface area (Å²) in [5.41, 5.74) is 0.612. The number of amides is 2. The highest BCUT2D eigenvalue weighted by Crippen LogP contribution is 2.25. The predicted octanol–water partition coefficient (Wildman–Crippen LogP) is 0.862. The Balaban J connectivity index is 1.56. The Bertz CT molecular complexity index is 596. The molecule has 2 fully saturated rings. The maximum Gasteiger partial charge on any atom is 0.260 e. The van der Waals surface area contributed by atoms with Gasteiger partial charge in [0.25, 0.3) is 5.91 Å². The SMILES string of the molecule is O=C(Nc1ccccc1OCC(=O)N1CCOCC1)C1CCNCC1. The highest BCUT2D eigenvalue weighted by Gasteiger charge is 2.22. The van der Waals surface area contributed by atoms with E-state index in [0.29, 0.717) is 37.7 Å². The molecule has 7 heteroatoms. The Kier molecular flexibility index (Phi) is 6.25. The largest absolute Gasteiger partial charge is 0.482 e. The van der Waals surface area contributed by atoms with Crippen molar-refractivity contribution in [3.8, 4) is 5.75 Å². The molecule has 1 aromatic carbocycles. The van der Waals surface area contributed by atoms with Crippen molar-refractivity contribution in [1.82, 2.24) is 10.2 Å². The van der Waals surface area contributed by atoms with Crippen molar-refractivity contribution >= 4 is 17.5 Å². The lowest BCUT2D eigenvalue weighted by Crippen LogP contribution is -2.43. The van der Waals surface area contributed by atoms with E-state index in [2.05, 4.69) is 10.6 Å². The standard InChI is InChI=1S/C18H25N3O4/c22-17(21-9-11-24-12-10-21)13-25-16-4-2-1-3-15(16)20-18(23)14-5-7-19-8-6-14/h1-4,14,19H,5-13H2,(H,20,23). The van der Waals surface area contributed by atoms with Crippen LogP contribution in [0.2, 0.25) is 0 Å². The number of nitrogens with zero attached hydrogens (tertiary/aromatic N) is 1. The average molecular weight is 347 g/mol. The van der Waals surface area contributed by atoms with Gasteiger partial charge in [-0.05, 0) is 38.1 Å². The number of carbonyl (C=O) groups excluding carboxylic acids is 2. The van der Waals surface area contributed by atoms with Crippen LogP contribution in [0.1, 0.15) is 12.8 Å². The zero-order valence-electron chi connectivity index (χ0n) is 14.3. The van der Waals surface area contributed by atoms with Crippen molar-refractivity contribution < 1.29 is 19.1 Å². The highest BCUT2D eigenvalue weighted by molar-refractivity contribution is 5.94. The molecular weight excluding hydrogens is 322 g/mol. The van der Waals surface area contributed by atoms with E-state index in [0.717, 1.165) is 25.9 Å². The highest BCUT2D eigenvalue weighted by atomic mass is 16.5. The summed E-state index contributed by atoms with van der Waals surface area (Å²) >= 11 is 0. The molecule has 0 radical (unpaired) electrons. The Morgan fingerprint density at radius 3 is 2.68 bits per heavy atom. The second-order valence-corrected chi connectivity index (χ2v) is 6.29. The molecule has 25 heavy (non-hydrogen) atoms. The number of para-hydroxylation sites is 2. The summed E-state index contributed by atoms with van der Waals surface area (Å²) in [5, 5.41) is 6.20. The molecule has 2 aliphatic rings. The predicted molar refractivity (Wildman–Crippen MR) is 93.6 cm³/mol. The first-order chi connectivity index (χ1) is 12.2. The molecule has 0 bridgehead atoms. The van der Waals surface area contributed by atoms with E-state index in [-0.39, 0.29) is 24.3 Å². The first-order valence-corrected chi connectivity index (χ1v) is 8.83. The smallest absolute Gasteiger partial charge is 0.260 e. The molecule has 7 nitrogen and oxygen atoms in total. The zero-order valence-corrected chi connectivity index (χ0v) is 14.3. The Labute approximate surface area is 147 Å². The number of hydrogen-bond donors (Lipinski definition) is 2. The molecule has 2 heterocycles. The quantitative estimate of drug-likeness (QED) is 0.826. The second kappa shape index (κ2) is 8.82. The van der Waals surface area contributed by atoms with Crippen molar-refractivity contribution in [2.45, 2.75) is 12.8 Å². The first kappa shape index (κ1) is 17.7. The Morgan fingerprint density at radius 2 is 1.92 bits per heavy atom. The van der Waals surface area contributed by atoms with Crippen molar-refractivity contribution in [2.24, 2.45) is 5.92 Å². The number of benzene rings is 1. The summed E-state index contributed by atoms with van der Waals surface area (Å²) in [6.07, 6.45) is 1.68. The van der Waals surface area contributed by atoms with Crippen LogP contribution in [-0.2, 0) is 14.3 Å². The Hall–Kier alpha value is -2.12. The van der Waals surface area contributed by atoms with Gasteiger partial charge in [-0.15, -0.1) is 0 Å². The van der Waals surface area contributed by atoms with Crippen LogP contribution < -0.4 is 15.4 Å². The molecule has 2 amide bonds. The summed E-state index contributed by atoms with van der Waals surface area (Å²) in [7, 11) is 0. The number of anilines is 1. The van der Waals surface area contributed by atoms with Crippen LogP contribution in [0.4, 0.5) is 5.69 Å². The van der Waals surface area contributed by atoms with Crippen molar-refractivity contribution in [1.29, 1.82) is 0 Å². The summed E-state index contributed by atoms with van der Waals surface area (Å²) in [6.45, 7) is 4.00. The van der Waals surface area contributed by atoms with Gasteiger partial charge in [-0.1, -0.05) is 12.1 Å². The van der Waals surface area contributed by atoms with E-state index < -0.39 is 0 Å². The van der Waals surface area contributed by atoms with Gasteiger partial charge in [0.1, 0.15) is 5.75 Å². The minimum absolute atomic E-state index is 0.0112. The van der Waals surface area contributed by atoms with Gasteiger partial charge in [0.05, 0.1) is 18.9 Å². The molecule has 0 spiro atoms. The number of morpholine rings is 1. The topological polar surface area (TPSA) is 79.9 Å². The van der Waals surface area contributed by atoms with Gasteiger partial charge >= 0.3 is 0 Å². The molecule has 2 N–H and O–H groups in total. The van der Waals surface area contributed by atoms with Crippen molar-refractivity contribution in [3.05, 3.63) is 24.3 Å². The fraction of sp³-hybridized carbons (Fsp3) is 0.556. The minimum atomic E-state index is -0.0669. The van der Waals surface area contributed by atoms with Gasteiger partial charge in [-0.2, -0.15) is 0 Å². The van der Waals surface area contributed by atoms with Crippen LogP contribution in [0.15, 0.2) is 24.3 Å². The minimum Gasteiger partial charge on any atom is -0.482 e. The van der Waals surface area contributed by atoms with Crippen molar-refractivity contribution in [2.75, 3.05) is 51.3 Å². The van der Waals surface area contributed by atoms with E-state index in [9.17, 15) is 9.59 Å². The molecule has 0 aromatic heterocycles. The first-order valence-electron chi connectivity index (χ1n) is 8.83. The second-order valence-electron chi connectivity index (χ2n) is 6.29. The van der Waals surface area contributed by atoms with E-state index in [1.807, 2.05) is 12.1 Å². The van der Waals surface area contributed by atoms with Gasteiger partial charge in [-0.25, -0.2) is 0 Å². The van der Waals surface area contributed by atoms with E-state index >= 15 is 0 Å². The lowest BCUT2D eigenvalue weighted by atomic mass is 9.97. The third kappa shape index (κ3) is 4.93. The average Bonchev–Trinajstić information content (AvgIpc) is 2.68. The number of nitrogens with one attached hydrogen (secondary N) is 2. The zero-order chi connectivity index (χ0) is 17.5. The van der Waals surface area contributed by atoms with Gasteiger partial charge in [0, 0.05) is 19.0 Å². The molecule has 3 rings (SSSR count). The van der Waals surface area contributed by atoms with Crippen LogP contribution in [-0.4, -0.2) is 62.7 Å². The van der Waals surface area contributed by atoms with Crippen LogP contribution in [0.25, 0.3) is 0 Å². The van der Waals surface area contributed by atoms with Crippen molar-refractivity contribution in [3.63, 3.8) is 0 Å². The fourth-order valence-corrected chi connectivity index (χ4v) is 3.06. The number of hydrogen-bond acceptors (Lipinski definition) is 5. The number of rotatable bonds is 5. The Morgan fingerprint density at radius 1 is 1.20 bits per heavy atom. The number of piperidine rings is 1. The molecular formula is C18H25N3O4. The third-order valence-corrected chi connectivity index (χ3v) is 4.57. The van der Waals surface area contributed by atoms with Gasteiger partial charge < -0.3 is 25.0 Å². The van der Waals surface area contributed by atoms with E-state index in [4.69, 9.17) is 9.47 Å². The van der Waals surface area contributed by atoms with E-state index in [1.165, 1.54) is 0 Å². The summed E-state index contributed by atoms with van der Waals surface area (Å²) in [6, 6.07) is 7.24. The fourth-order valence-electron chi connectivity index (χ4n) is 3.06. The molecule has 0 aliphatic carbocycles. The van der Waals surface area contributed by atoms with Crippen LogP contribution >= 0.6 is 0 Å². The van der Waals surface area contributed by atoms with Crippen LogP contribution in [0.3, 0.4) is 0 Å². The molecule has 0 saturated carbocycles. The van der Waals surface area contributed by atoms with Gasteiger partial charge in [0.15, 0.2) is 6.61 Å². The lowest BCUT2D eigenvalue weighted by Gasteiger charge is -2.27. The maximum atomic E-state index is 12.4. The third-order valence-electron chi connectivity index (χ3n) is 4.57. The molecule has 2 saturated heterocycles. The summed E-state index contributed by atoms with van der Waals surface area (Å²) < 4.78 is 10.9. The van der Waals surface area contributed by atoms with Crippen LogP contribution in [0, 0.1) is 5.92 Å². The summed E-state index contributed by atoms with van der Waals surface area (Å²) in [5.74, 6) is 0.482. The number of carbonyl (C=O) groups is 2. The summed E-state index contributed by atoms with van der Waals surface area (Å²) in [4.78, 5) is 26.4. The maximum absolute atomic E-state index is 12.4. The molecule has 0 unspecified atom stereocenters. The lowest BCUT2D eigenvalue weighted by molar-refractivity contribution is -0.137. The molecule has 136 valence electrons. The molecule has 2 aliphatic heterocycles. The van der Waals surface area contributed by atoms with Crippen LogP contribution in [0.5, 0.6) is 5.75 Å². The monoisotopic (exact) mass is 347 g/mol. The van der Waals surface area contributed by atoms with E-state index in [1.54, 1.807) is 17.0 Å². The van der Waals surface area contributed by atoms with Gasteiger partial charge in [0.2, 0.25) is 5.91 Å². The number of ether oxygens (including phenoxy) is 2. The van der Waals surface area contributed by atoms with Gasteiger partial charge in [-0.3, -0.25) is 9.59 Å².